The summed E-state index contributed by atoms with van der Waals surface area (Å²) < 4.78 is 0. The van der Waals surface area contributed by atoms with Gasteiger partial charge in [-0.15, -0.1) is 0 Å². The van der Waals surface area contributed by atoms with E-state index in [2.05, 4.69) is 5.10 Å². The summed E-state index contributed by atoms with van der Waals surface area (Å²) >= 11 is 0. The Morgan fingerprint density at radius 2 is 2.00 bits per heavy atom. The van der Waals surface area contributed by atoms with Gasteiger partial charge in [0.2, 0.25) is 0 Å². The number of nitro benzene ring substituents is 1. The number of benzene rings is 2. The summed E-state index contributed by atoms with van der Waals surface area (Å²) in [5.74, 6) is -1.08. The minimum Gasteiger partial charge on any atom is -0.477 e. The lowest BCUT2D eigenvalue weighted by Crippen LogP contribution is -2.19. The van der Waals surface area contributed by atoms with E-state index in [1.54, 1.807) is 11.1 Å². The molecule has 0 aromatic heterocycles. The van der Waals surface area contributed by atoms with Gasteiger partial charge >= 0.3 is 5.97 Å². The third kappa shape index (κ3) is 2.83. The van der Waals surface area contributed by atoms with Crippen LogP contribution in [0.2, 0.25) is 0 Å². The molecule has 0 saturated heterocycles. The summed E-state index contributed by atoms with van der Waals surface area (Å²) in [5, 5.41) is 26.1. The van der Waals surface area contributed by atoms with Crippen LogP contribution >= 0.6 is 0 Å². The summed E-state index contributed by atoms with van der Waals surface area (Å²) in [6, 6.07) is 13.6. The number of nitrogens with zero attached hydrogens (tertiary/aromatic N) is 3. The summed E-state index contributed by atoms with van der Waals surface area (Å²) in [5.41, 5.74) is 2.21. The van der Waals surface area contributed by atoms with E-state index in [4.69, 9.17) is 0 Å². The van der Waals surface area contributed by atoms with Crippen LogP contribution in [0.5, 0.6) is 0 Å². The van der Waals surface area contributed by atoms with Gasteiger partial charge in [-0.1, -0.05) is 36.4 Å². The topological polar surface area (TPSA) is 96.0 Å². The van der Waals surface area contributed by atoms with Gasteiger partial charge in [0.1, 0.15) is 5.71 Å². The van der Waals surface area contributed by atoms with Crippen molar-refractivity contribution in [3.8, 4) is 0 Å². The predicted octanol–water partition coefficient (Wildman–Crippen LogP) is 3.30. The van der Waals surface area contributed by atoms with Crippen molar-refractivity contribution in [2.24, 2.45) is 5.10 Å². The Bertz CT molecular complexity index is 833. The molecule has 1 aliphatic rings. The number of rotatable bonds is 4. The first-order valence-corrected chi connectivity index (χ1v) is 7.37. The highest BCUT2D eigenvalue weighted by Crippen LogP contribution is 2.38. The minimum atomic E-state index is -1.08. The number of nitro groups is 1. The van der Waals surface area contributed by atoms with E-state index in [0.717, 1.165) is 11.1 Å². The summed E-state index contributed by atoms with van der Waals surface area (Å²) in [6.07, 6.45) is 0.238. The number of aliphatic carboxylic acids is 1. The Morgan fingerprint density at radius 3 is 2.62 bits per heavy atom. The lowest BCUT2D eigenvalue weighted by molar-refractivity contribution is -0.384. The Kier molecular flexibility index (Phi) is 3.99. The fourth-order valence-corrected chi connectivity index (χ4v) is 2.75. The molecule has 0 bridgehead atoms. The van der Waals surface area contributed by atoms with Gasteiger partial charge in [-0.2, -0.15) is 5.10 Å². The van der Waals surface area contributed by atoms with Crippen LogP contribution in [0.3, 0.4) is 0 Å². The molecule has 24 heavy (non-hydrogen) atoms. The van der Waals surface area contributed by atoms with Crippen LogP contribution < -0.4 is 5.01 Å². The third-order valence-corrected chi connectivity index (χ3v) is 3.99. The zero-order chi connectivity index (χ0) is 17.3. The van der Waals surface area contributed by atoms with Gasteiger partial charge in [0, 0.05) is 18.6 Å². The molecular formula is C17H15N3O4. The molecule has 0 radical (unpaired) electrons. The normalized spacial score (nSPS) is 16.8. The van der Waals surface area contributed by atoms with Crippen molar-refractivity contribution >= 4 is 23.1 Å². The van der Waals surface area contributed by atoms with E-state index >= 15 is 0 Å². The molecular weight excluding hydrogens is 310 g/mol. The lowest BCUT2D eigenvalue weighted by atomic mass is 10.0. The maximum Gasteiger partial charge on any atom is 0.352 e. The molecule has 0 spiro atoms. The monoisotopic (exact) mass is 325 g/mol. The first-order valence-electron chi connectivity index (χ1n) is 7.37. The molecule has 0 fully saturated rings. The largest absolute Gasteiger partial charge is 0.477 e. The maximum absolute atomic E-state index is 11.3. The van der Waals surface area contributed by atoms with E-state index in [-0.39, 0.29) is 23.9 Å². The van der Waals surface area contributed by atoms with Crippen molar-refractivity contribution in [2.45, 2.75) is 19.4 Å². The molecule has 0 saturated carbocycles. The zero-order valence-corrected chi connectivity index (χ0v) is 12.9. The smallest absolute Gasteiger partial charge is 0.352 e. The molecule has 2 aromatic rings. The molecule has 0 unspecified atom stereocenters. The number of aryl methyl sites for hydroxylation is 1. The van der Waals surface area contributed by atoms with Gasteiger partial charge in [-0.05, 0) is 18.1 Å². The van der Waals surface area contributed by atoms with Gasteiger partial charge in [-0.25, -0.2) is 4.79 Å². The van der Waals surface area contributed by atoms with E-state index < -0.39 is 10.9 Å². The minimum absolute atomic E-state index is 0.0368. The Balaban J connectivity index is 2.09. The van der Waals surface area contributed by atoms with Gasteiger partial charge in [0.15, 0.2) is 0 Å². The number of hydrogen-bond donors (Lipinski definition) is 1. The highest BCUT2D eigenvalue weighted by molar-refractivity contribution is 6.36. The molecule has 1 heterocycles. The molecule has 0 amide bonds. The number of hydrogen-bond acceptors (Lipinski definition) is 5. The van der Waals surface area contributed by atoms with Crippen LogP contribution in [0.4, 0.5) is 11.4 Å². The first kappa shape index (κ1) is 15.7. The van der Waals surface area contributed by atoms with Crippen molar-refractivity contribution in [1.82, 2.24) is 0 Å². The molecule has 1 N–H and O–H groups in total. The second-order valence-corrected chi connectivity index (χ2v) is 5.55. The summed E-state index contributed by atoms with van der Waals surface area (Å²) in [6.45, 7) is 1.81. The highest BCUT2D eigenvalue weighted by Gasteiger charge is 2.33. The van der Waals surface area contributed by atoms with Gasteiger partial charge in [0.25, 0.3) is 5.69 Å². The SMILES string of the molecule is Cc1ccc([N+](=O)[O-])cc1N1N=C(C(=O)O)C[C@H]1c1ccccc1. The average molecular weight is 325 g/mol. The van der Waals surface area contributed by atoms with Crippen LogP contribution in [-0.4, -0.2) is 21.7 Å². The average Bonchev–Trinajstić information content (AvgIpc) is 3.01. The number of carbonyl (C=O) groups is 1. The standard InChI is InChI=1S/C17H15N3O4/c1-11-7-8-13(20(23)24)9-15(11)19-16(10-14(18-19)17(21)22)12-5-3-2-4-6-12/h2-9,16H,10H2,1H3,(H,21,22)/t16-/m0/s1. The third-order valence-electron chi connectivity index (χ3n) is 3.99. The van der Waals surface area contributed by atoms with Crippen LogP contribution in [-0.2, 0) is 4.79 Å². The second kappa shape index (κ2) is 6.11. The Morgan fingerprint density at radius 1 is 1.29 bits per heavy atom. The first-order chi connectivity index (χ1) is 11.5. The highest BCUT2D eigenvalue weighted by atomic mass is 16.6. The molecule has 1 aliphatic heterocycles. The van der Waals surface area contributed by atoms with Crippen LogP contribution in [0.25, 0.3) is 0 Å². The fourth-order valence-electron chi connectivity index (χ4n) is 2.75. The van der Waals surface area contributed by atoms with E-state index in [9.17, 15) is 20.0 Å². The van der Waals surface area contributed by atoms with Crippen molar-refractivity contribution in [3.05, 3.63) is 69.8 Å². The quantitative estimate of drug-likeness (QED) is 0.687. The molecule has 7 nitrogen and oxygen atoms in total. The van der Waals surface area contributed by atoms with Crippen molar-refractivity contribution in [2.75, 3.05) is 5.01 Å². The zero-order valence-electron chi connectivity index (χ0n) is 12.9. The molecule has 0 aliphatic carbocycles. The van der Waals surface area contributed by atoms with Crippen molar-refractivity contribution in [3.63, 3.8) is 0 Å². The van der Waals surface area contributed by atoms with Crippen LogP contribution in [0.15, 0.2) is 53.6 Å². The number of carboxylic acids is 1. The predicted molar refractivity (Wildman–Crippen MR) is 89.2 cm³/mol. The van der Waals surface area contributed by atoms with Gasteiger partial charge in [-0.3, -0.25) is 15.1 Å². The van der Waals surface area contributed by atoms with Gasteiger partial charge < -0.3 is 5.11 Å². The van der Waals surface area contributed by atoms with Gasteiger partial charge in [0.05, 0.1) is 16.7 Å². The summed E-state index contributed by atoms with van der Waals surface area (Å²) in [7, 11) is 0. The summed E-state index contributed by atoms with van der Waals surface area (Å²) in [4.78, 5) is 21.9. The number of carboxylic acid groups (broad SMARTS) is 1. The van der Waals surface area contributed by atoms with Crippen LogP contribution in [0.1, 0.15) is 23.6 Å². The molecule has 1 atom stereocenters. The van der Waals surface area contributed by atoms with E-state index in [0.29, 0.717) is 5.69 Å². The second-order valence-electron chi connectivity index (χ2n) is 5.55. The van der Waals surface area contributed by atoms with E-state index in [1.807, 2.05) is 37.3 Å². The van der Waals surface area contributed by atoms with Crippen LogP contribution in [0, 0.1) is 17.0 Å². The maximum atomic E-state index is 11.3. The molecule has 122 valence electrons. The number of hydrazone groups is 1. The molecule has 7 heteroatoms. The molecule has 3 rings (SSSR count). The Hall–Kier alpha value is -3.22. The van der Waals surface area contributed by atoms with Crippen molar-refractivity contribution in [1.29, 1.82) is 0 Å². The fraction of sp³-hybridized carbons (Fsp3) is 0.176. The Labute approximate surface area is 138 Å². The van der Waals surface area contributed by atoms with E-state index in [1.165, 1.54) is 12.1 Å². The lowest BCUT2D eigenvalue weighted by Gasteiger charge is -2.25. The van der Waals surface area contributed by atoms with Crippen molar-refractivity contribution < 1.29 is 14.8 Å². The number of anilines is 1. The molecule has 2 aromatic carbocycles. The number of non-ortho nitro benzene ring substituents is 1.